The standard InChI is InChI=1S/CHN2OP/c1-2-3-5-4-1/h1H. The van der Waals surface area contributed by atoms with Crippen LogP contribution < -0.4 is 0 Å². The zero-order valence-corrected chi connectivity index (χ0v) is 3.22. The van der Waals surface area contributed by atoms with E-state index < -0.39 is 0 Å². The third-order valence-electron chi connectivity index (χ3n) is 0.230. The Bertz CT molecular complexity index is 66.1. The molecule has 0 fully saturated rings. The van der Waals surface area contributed by atoms with E-state index in [0.29, 0.717) is 8.59 Å². The Morgan fingerprint density at radius 2 is 2.80 bits per heavy atom. The van der Waals surface area contributed by atoms with E-state index in [-0.39, 0.29) is 0 Å². The Labute approximate surface area is 30.3 Å². The molecule has 0 aliphatic rings. The molecule has 0 bridgehead atoms. The van der Waals surface area contributed by atoms with Crippen LogP contribution >= 0.6 is 8.59 Å². The highest BCUT2D eigenvalue weighted by molar-refractivity contribution is 7.17. The minimum absolute atomic E-state index is 0.594. The molecule has 0 aliphatic heterocycles. The monoisotopic (exact) mass is 88.0 g/mol. The van der Waals surface area contributed by atoms with Gasteiger partial charge < -0.3 is 4.20 Å². The van der Waals surface area contributed by atoms with Crippen LogP contribution in [0, 0.1) is 0 Å². The van der Waals surface area contributed by atoms with Gasteiger partial charge in [0.2, 0.25) is 6.39 Å². The number of rotatable bonds is 0. The molecule has 4 heteroatoms. The first-order chi connectivity index (χ1) is 2.50. The second-order valence-corrected chi connectivity index (χ2v) is 1.05. The lowest BCUT2D eigenvalue weighted by atomic mass is 11.6. The molecule has 1 rings (SSSR count). The summed E-state index contributed by atoms with van der Waals surface area (Å²) in [4.78, 5) is 3.40. The Morgan fingerprint density at radius 3 is 3.00 bits per heavy atom. The SMILES string of the molecule is c1nnpo1. The Morgan fingerprint density at radius 1 is 1.80 bits per heavy atom. The molecule has 1 aromatic heterocycles. The van der Waals surface area contributed by atoms with E-state index in [4.69, 9.17) is 0 Å². The molecule has 0 aromatic carbocycles. The summed E-state index contributed by atoms with van der Waals surface area (Å²) >= 11 is 0. The summed E-state index contributed by atoms with van der Waals surface area (Å²) in [6.45, 7) is 0. The van der Waals surface area contributed by atoms with Crippen LogP contribution in [0.1, 0.15) is 0 Å². The van der Waals surface area contributed by atoms with Crippen molar-refractivity contribution in [2.24, 2.45) is 0 Å². The summed E-state index contributed by atoms with van der Waals surface area (Å²) in [7, 11) is 0.594. The molecule has 3 nitrogen and oxygen atoms in total. The van der Waals surface area contributed by atoms with Crippen molar-refractivity contribution < 1.29 is 4.20 Å². The van der Waals surface area contributed by atoms with E-state index in [1.54, 1.807) is 0 Å². The molecule has 0 aliphatic carbocycles. The van der Waals surface area contributed by atoms with Crippen LogP contribution in [0.3, 0.4) is 0 Å². The predicted molar refractivity (Wildman–Crippen MR) is 16.8 cm³/mol. The summed E-state index contributed by atoms with van der Waals surface area (Å²) in [5.74, 6) is 0. The molecule has 0 saturated heterocycles. The topological polar surface area (TPSA) is 38.9 Å². The van der Waals surface area contributed by atoms with Crippen molar-refractivity contribution in [3.8, 4) is 0 Å². The normalized spacial score (nSPS) is 9.60. The third kappa shape index (κ3) is 0.421. The van der Waals surface area contributed by atoms with Crippen LogP contribution in [-0.2, 0) is 0 Å². The van der Waals surface area contributed by atoms with Gasteiger partial charge >= 0.3 is 0 Å². The maximum atomic E-state index is 4.46. The maximum Gasteiger partial charge on any atom is 0.269 e. The molecule has 0 amide bonds. The highest BCUT2D eigenvalue weighted by Gasteiger charge is 1.63. The molecule has 0 radical (unpaired) electrons. The molecule has 0 atom stereocenters. The van der Waals surface area contributed by atoms with Crippen molar-refractivity contribution >= 4 is 8.59 Å². The molecule has 0 unspecified atom stereocenters. The lowest BCUT2D eigenvalue weighted by Gasteiger charge is -1.41. The van der Waals surface area contributed by atoms with E-state index in [0.717, 1.165) is 0 Å². The van der Waals surface area contributed by atoms with Gasteiger partial charge in [-0.3, -0.25) is 0 Å². The Hall–Kier alpha value is -0.430. The summed E-state index contributed by atoms with van der Waals surface area (Å²) in [5, 5.41) is 3.35. The molecular weight excluding hydrogens is 87.0 g/mol. The third-order valence-corrected chi connectivity index (χ3v) is 0.594. The first-order valence-corrected chi connectivity index (χ1v) is 1.84. The fourth-order valence-corrected chi connectivity index (χ4v) is 0.316. The van der Waals surface area contributed by atoms with Gasteiger partial charge in [-0.25, -0.2) is 0 Å². The van der Waals surface area contributed by atoms with Gasteiger partial charge in [0.1, 0.15) is 0 Å². The quantitative estimate of drug-likeness (QED) is 0.467. The van der Waals surface area contributed by atoms with Crippen molar-refractivity contribution in [1.82, 2.24) is 9.96 Å². The number of hydrogen-bond acceptors (Lipinski definition) is 3. The Kier molecular flexibility index (Phi) is 0.630. The van der Waals surface area contributed by atoms with Gasteiger partial charge in [0, 0.05) is 0 Å². The van der Waals surface area contributed by atoms with Crippen LogP contribution in [0.2, 0.25) is 0 Å². The van der Waals surface area contributed by atoms with Crippen molar-refractivity contribution in [1.29, 1.82) is 0 Å². The maximum absolute atomic E-state index is 4.46. The zero-order chi connectivity index (χ0) is 3.54. The van der Waals surface area contributed by atoms with Gasteiger partial charge in [-0.1, -0.05) is 4.86 Å². The molecule has 1 aromatic rings. The molecule has 1 heterocycles. The lowest BCUT2D eigenvalue weighted by Crippen LogP contribution is -1.50. The zero-order valence-electron chi connectivity index (χ0n) is 2.33. The second-order valence-electron chi connectivity index (χ2n) is 0.497. The summed E-state index contributed by atoms with van der Waals surface area (Å²) in [5.41, 5.74) is 0. The van der Waals surface area contributed by atoms with Crippen LogP contribution in [0.25, 0.3) is 0 Å². The first kappa shape index (κ1) is 2.79. The van der Waals surface area contributed by atoms with Crippen LogP contribution in [0.4, 0.5) is 0 Å². The molecule has 0 saturated carbocycles. The van der Waals surface area contributed by atoms with Gasteiger partial charge in [-0.05, 0) is 0 Å². The highest BCUT2D eigenvalue weighted by Crippen LogP contribution is 1.88. The van der Waals surface area contributed by atoms with Crippen molar-refractivity contribution in [2.45, 2.75) is 0 Å². The van der Waals surface area contributed by atoms with Crippen LogP contribution in [-0.4, -0.2) is 9.96 Å². The van der Waals surface area contributed by atoms with E-state index in [1.165, 1.54) is 6.39 Å². The van der Waals surface area contributed by atoms with Crippen molar-refractivity contribution in [3.05, 3.63) is 6.39 Å². The van der Waals surface area contributed by atoms with Gasteiger partial charge in [0.05, 0.1) is 0 Å². The number of nitrogens with zero attached hydrogens (tertiary/aromatic N) is 2. The molecule has 0 N–H and O–H groups in total. The molecule has 26 valence electrons. The molecule has 5 heavy (non-hydrogen) atoms. The number of aromatic nitrogens is 2. The van der Waals surface area contributed by atoms with Crippen LogP contribution in [0.15, 0.2) is 10.6 Å². The largest absolute Gasteiger partial charge is 0.408 e. The van der Waals surface area contributed by atoms with E-state index in [9.17, 15) is 0 Å². The summed E-state index contributed by atoms with van der Waals surface area (Å²) < 4.78 is 4.46. The first-order valence-electron chi connectivity index (χ1n) is 1.08. The van der Waals surface area contributed by atoms with E-state index in [2.05, 4.69) is 14.2 Å². The van der Waals surface area contributed by atoms with E-state index >= 15 is 0 Å². The summed E-state index contributed by atoms with van der Waals surface area (Å²) in [6.07, 6.45) is 1.31. The fourth-order valence-electron chi connectivity index (χ4n) is 0.105. The predicted octanol–water partition coefficient (Wildman–Crippen LogP) is 0.650. The smallest absolute Gasteiger partial charge is 0.269 e. The van der Waals surface area contributed by atoms with Gasteiger partial charge in [-0.2, -0.15) is 0 Å². The fraction of sp³-hybridized carbons (Fsp3) is 0. The summed E-state index contributed by atoms with van der Waals surface area (Å²) in [6, 6.07) is 0. The molecule has 0 spiro atoms. The van der Waals surface area contributed by atoms with Crippen molar-refractivity contribution in [2.75, 3.05) is 0 Å². The number of hydrogen-bond donors (Lipinski definition) is 0. The van der Waals surface area contributed by atoms with Crippen molar-refractivity contribution in [3.63, 3.8) is 0 Å². The average Bonchev–Trinajstić information content (AvgIpc) is 1.76. The lowest BCUT2D eigenvalue weighted by molar-refractivity contribution is 0.673. The minimum atomic E-state index is 0.594. The minimum Gasteiger partial charge on any atom is -0.408 e. The van der Waals surface area contributed by atoms with Crippen LogP contribution in [0.5, 0.6) is 0 Å². The van der Waals surface area contributed by atoms with Gasteiger partial charge in [0.25, 0.3) is 8.59 Å². The Balaban J connectivity index is 3.13. The second kappa shape index (κ2) is 1.13. The van der Waals surface area contributed by atoms with E-state index in [1.807, 2.05) is 0 Å². The highest BCUT2D eigenvalue weighted by atomic mass is 31.1. The van der Waals surface area contributed by atoms with Gasteiger partial charge in [0.15, 0.2) is 0 Å². The molecular formula is CHN2OP. The average molecular weight is 88.0 g/mol. The van der Waals surface area contributed by atoms with Gasteiger partial charge in [-0.15, -0.1) is 5.10 Å².